The predicted octanol–water partition coefficient (Wildman–Crippen LogP) is -0.154. The van der Waals surface area contributed by atoms with Crippen LogP contribution in [0.25, 0.3) is 0 Å². The molecule has 2 aliphatic rings. The minimum Gasteiger partial charge on any atom is -0.318 e. The number of imide groups is 1. The van der Waals surface area contributed by atoms with Gasteiger partial charge in [-0.05, 0) is 25.1 Å². The monoisotopic (exact) mass is 352 g/mol. The summed E-state index contributed by atoms with van der Waals surface area (Å²) < 4.78 is 0. The highest BCUT2D eigenvalue weighted by Gasteiger charge is 2.47. The molecule has 2 amide bonds. The molecule has 0 radical (unpaired) electrons. The Morgan fingerprint density at radius 1 is 1.04 bits per heavy atom. The molecule has 134 valence electrons. The Hall–Kier alpha value is -2.73. The summed E-state index contributed by atoms with van der Waals surface area (Å²) in [6, 6.07) is 13.4. The molecular weight excluding hydrogens is 328 g/mol. The first-order chi connectivity index (χ1) is 12.6. The summed E-state index contributed by atoms with van der Waals surface area (Å²) in [4.78, 5) is 33.5. The summed E-state index contributed by atoms with van der Waals surface area (Å²) in [7, 11) is 0. The lowest BCUT2D eigenvalue weighted by Gasteiger charge is -2.31. The molecule has 0 bridgehead atoms. The molecule has 2 N–H and O–H groups in total. The van der Waals surface area contributed by atoms with E-state index in [2.05, 4.69) is 16.0 Å². The smallest absolute Gasteiger partial charge is 0.292 e. The van der Waals surface area contributed by atoms with Crippen molar-refractivity contribution in [2.45, 2.75) is 19.4 Å². The summed E-state index contributed by atoms with van der Waals surface area (Å²) in [5.41, 5.74) is 1.80. The van der Waals surface area contributed by atoms with Crippen LogP contribution in [-0.4, -0.2) is 44.0 Å². The van der Waals surface area contributed by atoms with Crippen molar-refractivity contribution in [3.8, 4) is 0 Å². The second kappa shape index (κ2) is 6.88. The average Bonchev–Trinajstić information content (AvgIpc) is 2.98. The Labute approximate surface area is 153 Å². The van der Waals surface area contributed by atoms with Crippen LogP contribution < -0.4 is 19.7 Å². The number of aromatic nitrogens is 1. The van der Waals surface area contributed by atoms with E-state index in [0.29, 0.717) is 12.1 Å². The number of carbonyl (C=O) groups is 2. The highest BCUT2D eigenvalue weighted by atomic mass is 16.2. The number of piperazine rings is 1. The second-order valence-electron chi connectivity index (χ2n) is 7.05. The first kappa shape index (κ1) is 16.7. The van der Waals surface area contributed by atoms with Gasteiger partial charge in [0.15, 0.2) is 6.04 Å². The van der Waals surface area contributed by atoms with Gasteiger partial charge in [0.1, 0.15) is 26.2 Å². The fraction of sp³-hybridized carbons (Fsp3) is 0.350. The molecule has 1 atom stereocenters. The number of nitrogens with zero attached hydrogens (tertiary/aromatic N) is 2. The van der Waals surface area contributed by atoms with Crippen LogP contribution in [0.3, 0.4) is 0 Å². The van der Waals surface area contributed by atoms with E-state index in [-0.39, 0.29) is 17.9 Å². The van der Waals surface area contributed by atoms with Gasteiger partial charge in [0.25, 0.3) is 11.7 Å². The first-order valence-electron chi connectivity index (χ1n) is 9.13. The molecule has 1 aromatic carbocycles. The van der Waals surface area contributed by atoms with Crippen molar-refractivity contribution >= 4 is 23.3 Å². The number of H-pyrrole nitrogens is 1. The number of nitrogens with one attached hydrogen (secondary N) is 2. The van der Waals surface area contributed by atoms with Gasteiger partial charge < -0.3 is 4.90 Å². The van der Waals surface area contributed by atoms with Crippen LogP contribution in [0, 0.1) is 6.92 Å². The van der Waals surface area contributed by atoms with E-state index >= 15 is 0 Å². The van der Waals surface area contributed by atoms with Crippen LogP contribution in [0.2, 0.25) is 0 Å². The maximum absolute atomic E-state index is 12.9. The molecule has 0 unspecified atom stereocenters. The molecule has 6 heteroatoms. The normalized spacial score (nSPS) is 21.5. The average molecular weight is 352 g/mol. The van der Waals surface area contributed by atoms with E-state index in [4.69, 9.17) is 0 Å². The van der Waals surface area contributed by atoms with Gasteiger partial charge in [-0.3, -0.25) is 14.5 Å². The zero-order valence-corrected chi connectivity index (χ0v) is 14.9. The SMILES string of the molecule is Cc1ccc(N2C(=O)C[C@H]([NH+]3CCN(c4cccc[nH+]4)CC3)C2=O)cc1. The van der Waals surface area contributed by atoms with Crippen LogP contribution in [0.4, 0.5) is 11.5 Å². The fourth-order valence-electron chi connectivity index (χ4n) is 3.88. The molecule has 0 saturated carbocycles. The zero-order chi connectivity index (χ0) is 18.1. The molecular formula is C20H24N4O2+2. The van der Waals surface area contributed by atoms with E-state index in [1.165, 1.54) is 9.80 Å². The molecule has 0 spiro atoms. The van der Waals surface area contributed by atoms with Gasteiger partial charge in [-0.25, -0.2) is 9.88 Å². The number of anilines is 2. The molecule has 26 heavy (non-hydrogen) atoms. The summed E-state index contributed by atoms with van der Waals surface area (Å²) in [5.74, 6) is 0.949. The van der Waals surface area contributed by atoms with E-state index in [9.17, 15) is 9.59 Å². The van der Waals surface area contributed by atoms with E-state index < -0.39 is 0 Å². The van der Waals surface area contributed by atoms with E-state index in [0.717, 1.165) is 37.6 Å². The van der Waals surface area contributed by atoms with Crippen molar-refractivity contribution in [1.29, 1.82) is 0 Å². The Kier molecular flexibility index (Phi) is 4.42. The van der Waals surface area contributed by atoms with Crippen molar-refractivity contribution < 1.29 is 19.5 Å². The lowest BCUT2D eigenvalue weighted by Crippen LogP contribution is -3.19. The number of carbonyl (C=O) groups excluding carboxylic acids is 2. The minimum atomic E-state index is -0.259. The number of benzene rings is 1. The lowest BCUT2D eigenvalue weighted by atomic mass is 10.1. The van der Waals surface area contributed by atoms with Gasteiger partial charge >= 0.3 is 0 Å². The van der Waals surface area contributed by atoms with Crippen molar-refractivity contribution in [3.63, 3.8) is 0 Å². The lowest BCUT2D eigenvalue weighted by molar-refractivity contribution is -0.915. The fourth-order valence-corrected chi connectivity index (χ4v) is 3.88. The van der Waals surface area contributed by atoms with Crippen LogP contribution in [0.15, 0.2) is 48.7 Å². The van der Waals surface area contributed by atoms with E-state index in [1.54, 1.807) is 0 Å². The highest BCUT2D eigenvalue weighted by Crippen LogP contribution is 2.22. The standard InChI is InChI=1S/C20H22N4O2/c1-15-5-7-16(8-6-15)24-19(25)14-17(20(24)26)22-10-12-23(13-11-22)18-4-2-3-9-21-18/h2-9,17H,10-14H2,1H3/p+2/t17-/m0/s1. The van der Waals surface area contributed by atoms with Crippen molar-refractivity contribution in [2.24, 2.45) is 0 Å². The summed E-state index contributed by atoms with van der Waals surface area (Å²) in [6.07, 6.45) is 2.23. The number of hydrogen-bond donors (Lipinski definition) is 1. The summed E-state index contributed by atoms with van der Waals surface area (Å²) in [6.45, 7) is 5.45. The van der Waals surface area contributed by atoms with Gasteiger partial charge in [-0.15, -0.1) is 0 Å². The Morgan fingerprint density at radius 3 is 2.42 bits per heavy atom. The number of hydrogen-bond acceptors (Lipinski definition) is 3. The van der Waals surface area contributed by atoms with Crippen molar-refractivity contribution in [3.05, 3.63) is 54.2 Å². The highest BCUT2D eigenvalue weighted by molar-refractivity contribution is 6.21. The molecule has 2 fully saturated rings. The molecule has 2 aromatic rings. The number of pyridine rings is 1. The summed E-state index contributed by atoms with van der Waals surface area (Å²) in [5, 5.41) is 0. The third-order valence-electron chi connectivity index (χ3n) is 5.37. The topological polar surface area (TPSA) is 59.2 Å². The van der Waals surface area contributed by atoms with Gasteiger partial charge in [0.2, 0.25) is 5.91 Å². The van der Waals surface area contributed by atoms with Crippen LogP contribution in [0.5, 0.6) is 0 Å². The first-order valence-corrected chi connectivity index (χ1v) is 9.13. The second-order valence-corrected chi connectivity index (χ2v) is 7.05. The molecule has 4 rings (SSSR count). The molecule has 1 aromatic heterocycles. The van der Waals surface area contributed by atoms with Gasteiger partial charge in [-0.1, -0.05) is 23.8 Å². The predicted molar refractivity (Wildman–Crippen MR) is 98.0 cm³/mol. The Balaban J connectivity index is 1.44. The molecule has 0 aliphatic carbocycles. The van der Waals surface area contributed by atoms with Crippen LogP contribution in [-0.2, 0) is 9.59 Å². The van der Waals surface area contributed by atoms with Gasteiger partial charge in [-0.2, -0.15) is 0 Å². The number of aryl methyl sites for hydroxylation is 1. The maximum Gasteiger partial charge on any atom is 0.292 e. The minimum absolute atomic E-state index is 0.0615. The van der Waals surface area contributed by atoms with Gasteiger partial charge in [0.05, 0.1) is 18.3 Å². The van der Waals surface area contributed by atoms with E-state index in [1.807, 2.05) is 49.5 Å². The summed E-state index contributed by atoms with van der Waals surface area (Å²) >= 11 is 0. The Morgan fingerprint density at radius 2 is 1.77 bits per heavy atom. The number of amides is 2. The number of quaternary nitrogens is 1. The van der Waals surface area contributed by atoms with Crippen molar-refractivity contribution in [2.75, 3.05) is 36.0 Å². The third kappa shape index (κ3) is 3.08. The molecule has 6 nitrogen and oxygen atoms in total. The Bertz CT molecular complexity index is 798. The quantitative estimate of drug-likeness (QED) is 0.782. The van der Waals surface area contributed by atoms with Crippen LogP contribution >= 0.6 is 0 Å². The van der Waals surface area contributed by atoms with Crippen molar-refractivity contribution in [1.82, 2.24) is 0 Å². The maximum atomic E-state index is 12.9. The zero-order valence-electron chi connectivity index (χ0n) is 14.9. The van der Waals surface area contributed by atoms with Gasteiger partial charge in [0, 0.05) is 6.07 Å². The largest absolute Gasteiger partial charge is 0.318 e. The van der Waals surface area contributed by atoms with Crippen LogP contribution in [0.1, 0.15) is 12.0 Å². The molecule has 2 aliphatic heterocycles. The number of aromatic amines is 1. The number of rotatable bonds is 3. The third-order valence-corrected chi connectivity index (χ3v) is 5.37. The molecule has 2 saturated heterocycles. The molecule has 3 heterocycles.